The van der Waals surface area contributed by atoms with Crippen molar-refractivity contribution in [3.05, 3.63) is 53.0 Å². The number of methoxy groups -OCH3 is 1. The monoisotopic (exact) mass is 415 g/mol. The molecule has 8 heteroatoms. The molecule has 0 aliphatic rings. The number of carbonyl (C=O) groups excluding carboxylic acids is 2. The number of para-hydroxylation sites is 1. The van der Waals surface area contributed by atoms with E-state index in [1.807, 2.05) is 43.3 Å². The zero-order valence-corrected chi connectivity index (χ0v) is 17.3. The highest BCUT2D eigenvalue weighted by molar-refractivity contribution is 7.99. The van der Waals surface area contributed by atoms with Crippen LogP contribution >= 0.6 is 23.1 Å². The molecule has 28 heavy (non-hydrogen) atoms. The zero-order chi connectivity index (χ0) is 19.9. The molecule has 0 saturated heterocycles. The van der Waals surface area contributed by atoms with Crippen LogP contribution < -0.4 is 15.4 Å². The van der Waals surface area contributed by atoms with Crippen LogP contribution in [0.25, 0.3) is 10.2 Å². The molecule has 2 aromatic carbocycles. The van der Waals surface area contributed by atoms with Crippen LogP contribution in [0.2, 0.25) is 0 Å². The van der Waals surface area contributed by atoms with Crippen molar-refractivity contribution >= 4 is 50.8 Å². The van der Waals surface area contributed by atoms with Gasteiger partial charge in [0.25, 0.3) is 0 Å². The van der Waals surface area contributed by atoms with Gasteiger partial charge in [0.1, 0.15) is 10.8 Å². The molecule has 0 aliphatic heterocycles. The Kier molecular flexibility index (Phi) is 6.89. The second kappa shape index (κ2) is 9.57. The molecule has 0 spiro atoms. The predicted octanol–water partition coefficient (Wildman–Crippen LogP) is 3.60. The van der Waals surface area contributed by atoms with Crippen LogP contribution in [0.5, 0.6) is 5.75 Å². The van der Waals surface area contributed by atoms with E-state index in [-0.39, 0.29) is 24.1 Å². The number of thioether (sulfide) groups is 1. The molecule has 0 aliphatic carbocycles. The zero-order valence-electron chi connectivity index (χ0n) is 15.7. The van der Waals surface area contributed by atoms with E-state index in [0.717, 1.165) is 20.8 Å². The number of rotatable bonds is 8. The highest BCUT2D eigenvalue weighted by Crippen LogP contribution is 2.25. The smallest absolute Gasteiger partial charge is 0.243 e. The fourth-order valence-corrected chi connectivity index (χ4v) is 4.43. The van der Waals surface area contributed by atoms with E-state index in [4.69, 9.17) is 4.74 Å². The third-order valence-electron chi connectivity index (χ3n) is 3.87. The summed E-state index contributed by atoms with van der Waals surface area (Å²) >= 11 is 3.11. The lowest BCUT2D eigenvalue weighted by atomic mass is 10.2. The summed E-state index contributed by atoms with van der Waals surface area (Å²) in [6, 6.07) is 13.5. The summed E-state index contributed by atoms with van der Waals surface area (Å²) in [6.07, 6.45) is 0. The molecule has 3 rings (SSSR count). The summed E-state index contributed by atoms with van der Waals surface area (Å²) < 4.78 is 6.38. The van der Waals surface area contributed by atoms with Crippen molar-refractivity contribution in [3.8, 4) is 5.75 Å². The molecule has 2 amide bonds. The van der Waals surface area contributed by atoms with E-state index in [0.29, 0.717) is 17.2 Å². The third-order valence-corrected chi connectivity index (χ3v) is 6.04. The molecule has 0 radical (unpaired) electrons. The van der Waals surface area contributed by atoms with Gasteiger partial charge in [-0.2, -0.15) is 0 Å². The first-order valence-corrected chi connectivity index (χ1v) is 10.7. The number of fused-ring (bicyclic) bond motifs is 1. The third kappa shape index (κ3) is 5.46. The van der Waals surface area contributed by atoms with Crippen LogP contribution in [0.3, 0.4) is 0 Å². The standard InChI is InChI=1S/C20H21N3O3S2/c1-13-7-8-16(26-2)15(9-13)22-18(24)10-21-19(25)11-27-12-20-23-14-5-3-4-6-17(14)28-20/h3-9H,10-12H2,1-2H3,(H,21,25)(H,22,24). The first-order chi connectivity index (χ1) is 13.5. The molecule has 1 aromatic heterocycles. The summed E-state index contributed by atoms with van der Waals surface area (Å²) in [4.78, 5) is 28.6. The number of aryl methyl sites for hydroxylation is 1. The largest absolute Gasteiger partial charge is 0.495 e. The Hall–Kier alpha value is -2.58. The lowest BCUT2D eigenvalue weighted by molar-refractivity contribution is -0.122. The molecule has 1 heterocycles. The number of benzene rings is 2. The van der Waals surface area contributed by atoms with Gasteiger partial charge in [-0.25, -0.2) is 4.98 Å². The van der Waals surface area contributed by atoms with Gasteiger partial charge in [-0.1, -0.05) is 18.2 Å². The van der Waals surface area contributed by atoms with Crippen LogP contribution in [-0.2, 0) is 15.3 Å². The Bertz CT molecular complexity index is 955. The SMILES string of the molecule is COc1ccc(C)cc1NC(=O)CNC(=O)CSCc1nc2ccccc2s1. The van der Waals surface area contributed by atoms with Crippen molar-refractivity contribution in [2.45, 2.75) is 12.7 Å². The van der Waals surface area contributed by atoms with Crippen molar-refractivity contribution in [3.63, 3.8) is 0 Å². The van der Waals surface area contributed by atoms with Gasteiger partial charge in [-0.3, -0.25) is 9.59 Å². The maximum absolute atomic E-state index is 12.1. The maximum Gasteiger partial charge on any atom is 0.243 e. The molecular weight excluding hydrogens is 394 g/mol. The molecule has 0 fully saturated rings. The Morgan fingerprint density at radius 2 is 2.00 bits per heavy atom. The number of hydrogen-bond donors (Lipinski definition) is 2. The Morgan fingerprint density at radius 1 is 1.18 bits per heavy atom. The second-order valence-electron chi connectivity index (χ2n) is 6.10. The molecule has 0 atom stereocenters. The van der Waals surface area contributed by atoms with Crippen LogP contribution in [0.15, 0.2) is 42.5 Å². The minimum absolute atomic E-state index is 0.0857. The highest BCUT2D eigenvalue weighted by Gasteiger charge is 2.10. The van der Waals surface area contributed by atoms with Crippen LogP contribution in [0, 0.1) is 6.92 Å². The van der Waals surface area contributed by atoms with Gasteiger partial charge < -0.3 is 15.4 Å². The van der Waals surface area contributed by atoms with E-state index in [1.165, 1.54) is 11.8 Å². The molecule has 3 aromatic rings. The first-order valence-electron chi connectivity index (χ1n) is 8.68. The molecular formula is C20H21N3O3S2. The summed E-state index contributed by atoms with van der Waals surface area (Å²) in [5.41, 5.74) is 2.58. The van der Waals surface area contributed by atoms with Gasteiger partial charge in [0.05, 0.1) is 35.3 Å². The minimum atomic E-state index is -0.298. The van der Waals surface area contributed by atoms with E-state index >= 15 is 0 Å². The normalized spacial score (nSPS) is 10.6. The fourth-order valence-electron chi connectivity index (χ4n) is 2.56. The van der Waals surface area contributed by atoms with Crippen LogP contribution in [-0.4, -0.2) is 36.2 Å². The molecule has 0 unspecified atom stereocenters. The van der Waals surface area contributed by atoms with E-state index in [2.05, 4.69) is 15.6 Å². The number of amides is 2. The second-order valence-corrected chi connectivity index (χ2v) is 8.20. The van der Waals surface area contributed by atoms with Gasteiger partial charge in [0.2, 0.25) is 11.8 Å². The van der Waals surface area contributed by atoms with E-state index < -0.39 is 0 Å². The summed E-state index contributed by atoms with van der Waals surface area (Å²) in [5.74, 6) is 1.04. The lowest BCUT2D eigenvalue weighted by Gasteiger charge is -2.11. The average Bonchev–Trinajstić information content (AvgIpc) is 3.09. The number of nitrogens with zero attached hydrogens (tertiary/aromatic N) is 1. The van der Waals surface area contributed by atoms with Gasteiger partial charge in [-0.15, -0.1) is 23.1 Å². The van der Waals surface area contributed by atoms with E-state index in [1.54, 1.807) is 24.5 Å². The number of hydrogen-bond acceptors (Lipinski definition) is 6. The topological polar surface area (TPSA) is 80.3 Å². The Morgan fingerprint density at radius 3 is 2.79 bits per heavy atom. The molecule has 2 N–H and O–H groups in total. The number of aromatic nitrogens is 1. The number of ether oxygens (including phenoxy) is 1. The van der Waals surface area contributed by atoms with Gasteiger partial charge in [0.15, 0.2) is 0 Å². The van der Waals surface area contributed by atoms with E-state index in [9.17, 15) is 9.59 Å². The molecule has 0 bridgehead atoms. The molecule has 146 valence electrons. The number of nitrogens with one attached hydrogen (secondary N) is 2. The average molecular weight is 416 g/mol. The number of thiazole rings is 1. The van der Waals surface area contributed by atoms with Gasteiger partial charge >= 0.3 is 0 Å². The fraction of sp³-hybridized carbons (Fsp3) is 0.250. The molecule has 6 nitrogen and oxygen atoms in total. The number of carbonyl (C=O) groups is 2. The van der Waals surface area contributed by atoms with Crippen LogP contribution in [0.1, 0.15) is 10.6 Å². The van der Waals surface area contributed by atoms with Crippen molar-refractivity contribution < 1.29 is 14.3 Å². The minimum Gasteiger partial charge on any atom is -0.495 e. The Labute approximate surface area is 171 Å². The molecule has 0 saturated carbocycles. The summed E-state index contributed by atoms with van der Waals surface area (Å²) in [5, 5.41) is 6.39. The number of anilines is 1. The Balaban J connectivity index is 1.41. The quantitative estimate of drug-likeness (QED) is 0.588. The maximum atomic E-state index is 12.1. The van der Waals surface area contributed by atoms with Crippen molar-refractivity contribution in [2.75, 3.05) is 24.7 Å². The van der Waals surface area contributed by atoms with Gasteiger partial charge in [-0.05, 0) is 36.8 Å². The lowest BCUT2D eigenvalue weighted by Crippen LogP contribution is -2.34. The summed E-state index contributed by atoms with van der Waals surface area (Å²) in [6.45, 7) is 1.84. The van der Waals surface area contributed by atoms with Crippen molar-refractivity contribution in [1.29, 1.82) is 0 Å². The first kappa shape index (κ1) is 20.2. The van der Waals surface area contributed by atoms with Gasteiger partial charge in [0, 0.05) is 5.75 Å². The van der Waals surface area contributed by atoms with Crippen molar-refractivity contribution in [1.82, 2.24) is 10.3 Å². The highest BCUT2D eigenvalue weighted by atomic mass is 32.2. The predicted molar refractivity (Wildman–Crippen MR) is 115 cm³/mol. The van der Waals surface area contributed by atoms with Crippen molar-refractivity contribution in [2.24, 2.45) is 0 Å². The van der Waals surface area contributed by atoms with Crippen LogP contribution in [0.4, 0.5) is 5.69 Å². The summed E-state index contributed by atoms with van der Waals surface area (Å²) in [7, 11) is 1.55.